The molecule has 1 heterocycles. The molecule has 2 saturated carbocycles. The summed E-state index contributed by atoms with van der Waals surface area (Å²) in [6, 6.07) is 0. The summed E-state index contributed by atoms with van der Waals surface area (Å²) in [5.41, 5.74) is 0. The Hall–Kier alpha value is -1.43. The number of carboxylic acid groups (broad SMARTS) is 1. The molecule has 0 radical (unpaired) electrons. The van der Waals surface area contributed by atoms with Crippen LogP contribution >= 0.6 is 11.3 Å². The molecule has 1 aromatic rings. The summed E-state index contributed by atoms with van der Waals surface area (Å²) in [7, 11) is 0. The Labute approximate surface area is 108 Å². The first-order valence-electron chi connectivity index (χ1n) is 6.10. The van der Waals surface area contributed by atoms with Gasteiger partial charge in [0.05, 0.1) is 11.8 Å². The zero-order valence-electron chi connectivity index (χ0n) is 9.70. The van der Waals surface area contributed by atoms with E-state index in [4.69, 9.17) is 0 Å². The maximum atomic E-state index is 12.2. The van der Waals surface area contributed by atoms with Gasteiger partial charge in [-0.1, -0.05) is 0 Å². The van der Waals surface area contributed by atoms with Crippen molar-refractivity contribution in [3.8, 4) is 0 Å². The number of nitrogens with zero attached hydrogens (tertiary/aromatic N) is 1. The zero-order chi connectivity index (χ0) is 12.7. The van der Waals surface area contributed by atoms with Crippen LogP contribution in [0, 0.1) is 23.7 Å². The van der Waals surface area contributed by atoms with Gasteiger partial charge in [-0.3, -0.25) is 9.59 Å². The van der Waals surface area contributed by atoms with Crippen molar-refractivity contribution in [2.75, 3.05) is 5.32 Å². The van der Waals surface area contributed by atoms with Crippen LogP contribution in [0.25, 0.3) is 0 Å². The first kappa shape index (κ1) is 11.6. The summed E-state index contributed by atoms with van der Waals surface area (Å²) < 4.78 is 0. The standard InChI is InChI=1S/C12H14N2O3S/c15-10(14-12-13-3-4-18-12)8-6-1-2-7(5-6)9(8)11(16)17/h3-4,6-9H,1-2,5H2,(H,16,17)(H,13,14,15)/t6-,7-,8+,9+/m1/s1. The zero-order valence-corrected chi connectivity index (χ0v) is 10.5. The van der Waals surface area contributed by atoms with E-state index in [2.05, 4.69) is 10.3 Å². The van der Waals surface area contributed by atoms with E-state index in [0.29, 0.717) is 5.13 Å². The third-order valence-corrected chi connectivity index (χ3v) is 4.86. The third-order valence-electron chi connectivity index (χ3n) is 4.17. The SMILES string of the molecule is O=C(O)[C@H]1[C@@H]2CC[C@H](C2)[C@@H]1C(=O)Nc1nccs1. The Kier molecular flexibility index (Phi) is 2.81. The molecule has 2 N–H and O–H groups in total. The summed E-state index contributed by atoms with van der Waals surface area (Å²) in [6.45, 7) is 0. The second-order valence-electron chi connectivity index (χ2n) is 5.05. The van der Waals surface area contributed by atoms with E-state index in [0.717, 1.165) is 19.3 Å². The average molecular weight is 266 g/mol. The quantitative estimate of drug-likeness (QED) is 0.874. The second-order valence-corrected chi connectivity index (χ2v) is 5.94. The number of thiazole rings is 1. The van der Waals surface area contributed by atoms with E-state index >= 15 is 0 Å². The lowest BCUT2D eigenvalue weighted by Gasteiger charge is -2.26. The van der Waals surface area contributed by atoms with Crippen LogP contribution in [0.3, 0.4) is 0 Å². The minimum absolute atomic E-state index is 0.176. The lowest BCUT2D eigenvalue weighted by atomic mass is 9.79. The fourth-order valence-electron chi connectivity index (χ4n) is 3.50. The Morgan fingerprint density at radius 2 is 2.06 bits per heavy atom. The number of rotatable bonds is 3. The van der Waals surface area contributed by atoms with E-state index in [9.17, 15) is 14.7 Å². The molecule has 2 bridgehead atoms. The van der Waals surface area contributed by atoms with Crippen LogP contribution in [-0.2, 0) is 9.59 Å². The molecular weight excluding hydrogens is 252 g/mol. The average Bonchev–Trinajstić information content (AvgIpc) is 3.03. The molecule has 0 aromatic carbocycles. The number of hydrogen-bond donors (Lipinski definition) is 2. The number of carbonyl (C=O) groups is 2. The molecule has 0 aliphatic heterocycles. The van der Waals surface area contributed by atoms with Crippen LogP contribution < -0.4 is 5.32 Å². The van der Waals surface area contributed by atoms with E-state index in [1.54, 1.807) is 11.6 Å². The van der Waals surface area contributed by atoms with Gasteiger partial charge >= 0.3 is 5.97 Å². The predicted molar refractivity (Wildman–Crippen MR) is 66.2 cm³/mol. The molecule has 6 heteroatoms. The lowest BCUT2D eigenvalue weighted by molar-refractivity contribution is -0.148. The van der Waals surface area contributed by atoms with Crippen LogP contribution in [0.4, 0.5) is 5.13 Å². The second kappa shape index (κ2) is 4.35. The molecule has 0 spiro atoms. The van der Waals surface area contributed by atoms with Gasteiger partial charge in [0.15, 0.2) is 5.13 Å². The molecule has 96 valence electrons. The van der Waals surface area contributed by atoms with Gasteiger partial charge in [0.25, 0.3) is 0 Å². The molecule has 1 amide bonds. The normalized spacial score (nSPS) is 33.6. The largest absolute Gasteiger partial charge is 0.481 e. The van der Waals surface area contributed by atoms with Gasteiger partial charge in [0.2, 0.25) is 5.91 Å². The van der Waals surface area contributed by atoms with Crippen molar-refractivity contribution >= 4 is 28.3 Å². The van der Waals surface area contributed by atoms with E-state index in [-0.39, 0.29) is 23.7 Å². The van der Waals surface area contributed by atoms with Crippen molar-refractivity contribution in [2.24, 2.45) is 23.7 Å². The van der Waals surface area contributed by atoms with Crippen LogP contribution in [0.1, 0.15) is 19.3 Å². The predicted octanol–water partition coefficient (Wildman–Crippen LogP) is 1.83. The van der Waals surface area contributed by atoms with Gasteiger partial charge in [0, 0.05) is 11.6 Å². The summed E-state index contributed by atoms with van der Waals surface area (Å²) in [5.74, 6) is -1.49. The highest BCUT2D eigenvalue weighted by atomic mass is 32.1. The Balaban J connectivity index is 1.78. The number of carbonyl (C=O) groups excluding carboxylic acids is 1. The fraction of sp³-hybridized carbons (Fsp3) is 0.583. The minimum atomic E-state index is -0.832. The maximum absolute atomic E-state index is 12.2. The number of anilines is 1. The number of aliphatic carboxylic acids is 1. The summed E-state index contributed by atoms with van der Waals surface area (Å²) in [6.07, 6.45) is 4.43. The molecule has 1 aromatic heterocycles. The van der Waals surface area contributed by atoms with Gasteiger partial charge in [-0.25, -0.2) is 4.98 Å². The molecule has 2 aliphatic rings. The van der Waals surface area contributed by atoms with Crippen molar-refractivity contribution < 1.29 is 14.7 Å². The highest BCUT2D eigenvalue weighted by Gasteiger charge is 2.54. The number of nitrogens with one attached hydrogen (secondary N) is 1. The first-order chi connectivity index (χ1) is 8.66. The van der Waals surface area contributed by atoms with Crippen LogP contribution in [-0.4, -0.2) is 22.0 Å². The highest BCUT2D eigenvalue weighted by Crippen LogP contribution is 2.52. The molecule has 2 aliphatic carbocycles. The molecule has 4 atom stereocenters. The van der Waals surface area contributed by atoms with Gasteiger partial charge < -0.3 is 10.4 Å². The van der Waals surface area contributed by atoms with Crippen LogP contribution in [0.5, 0.6) is 0 Å². The monoisotopic (exact) mass is 266 g/mol. The topological polar surface area (TPSA) is 79.3 Å². The number of fused-ring (bicyclic) bond motifs is 2. The van der Waals surface area contributed by atoms with Gasteiger partial charge in [-0.15, -0.1) is 11.3 Å². The number of carboxylic acids is 1. The maximum Gasteiger partial charge on any atom is 0.307 e. The molecule has 0 unspecified atom stereocenters. The van der Waals surface area contributed by atoms with Crippen molar-refractivity contribution in [1.82, 2.24) is 4.98 Å². The lowest BCUT2D eigenvalue weighted by Crippen LogP contribution is -2.37. The Bertz CT molecular complexity index is 474. The number of hydrogen-bond acceptors (Lipinski definition) is 4. The van der Waals surface area contributed by atoms with E-state index < -0.39 is 11.9 Å². The first-order valence-corrected chi connectivity index (χ1v) is 6.98. The van der Waals surface area contributed by atoms with Gasteiger partial charge in [-0.2, -0.15) is 0 Å². The Morgan fingerprint density at radius 1 is 1.33 bits per heavy atom. The van der Waals surface area contributed by atoms with Gasteiger partial charge in [0.1, 0.15) is 0 Å². The van der Waals surface area contributed by atoms with Crippen molar-refractivity contribution in [3.05, 3.63) is 11.6 Å². The molecule has 3 rings (SSSR count). The molecular formula is C12H14N2O3S. The fourth-order valence-corrected chi connectivity index (χ4v) is 4.03. The Morgan fingerprint density at radius 3 is 2.67 bits per heavy atom. The van der Waals surface area contributed by atoms with Crippen molar-refractivity contribution in [1.29, 1.82) is 0 Å². The molecule has 18 heavy (non-hydrogen) atoms. The van der Waals surface area contributed by atoms with Gasteiger partial charge in [-0.05, 0) is 31.1 Å². The summed E-state index contributed by atoms with van der Waals surface area (Å²) in [5, 5.41) is 14.4. The summed E-state index contributed by atoms with van der Waals surface area (Å²) in [4.78, 5) is 27.5. The van der Waals surface area contributed by atoms with E-state index in [1.165, 1.54) is 11.3 Å². The van der Waals surface area contributed by atoms with Crippen molar-refractivity contribution in [2.45, 2.75) is 19.3 Å². The van der Waals surface area contributed by atoms with E-state index in [1.807, 2.05) is 0 Å². The molecule has 0 saturated heterocycles. The smallest absolute Gasteiger partial charge is 0.307 e. The molecule has 2 fully saturated rings. The summed E-state index contributed by atoms with van der Waals surface area (Å²) >= 11 is 1.35. The molecule has 5 nitrogen and oxygen atoms in total. The minimum Gasteiger partial charge on any atom is -0.481 e. The number of aromatic nitrogens is 1. The van der Waals surface area contributed by atoms with Crippen molar-refractivity contribution in [3.63, 3.8) is 0 Å². The third kappa shape index (κ3) is 1.80. The van der Waals surface area contributed by atoms with Crippen LogP contribution in [0.2, 0.25) is 0 Å². The highest BCUT2D eigenvalue weighted by molar-refractivity contribution is 7.13. The van der Waals surface area contributed by atoms with Crippen LogP contribution in [0.15, 0.2) is 11.6 Å². The number of amides is 1.